The van der Waals surface area contributed by atoms with E-state index in [1.165, 1.54) is 0 Å². The molecule has 0 unspecified atom stereocenters. The molecule has 16 heavy (non-hydrogen) atoms. The first-order valence-corrected chi connectivity index (χ1v) is 6.09. The number of likely N-dealkylation sites (N-methyl/N-ethyl adjacent to an activating group) is 1. The topological polar surface area (TPSA) is 58.4 Å². The van der Waals surface area contributed by atoms with Crippen LogP contribution >= 0.6 is 12.2 Å². The maximum Gasteiger partial charge on any atom is 0.233 e. The molecule has 0 saturated heterocycles. The smallest absolute Gasteiger partial charge is 0.233 e. The molecule has 3 N–H and O–H groups in total. The van der Waals surface area contributed by atoms with E-state index in [9.17, 15) is 4.79 Å². The van der Waals surface area contributed by atoms with Gasteiger partial charge in [0.1, 0.15) is 0 Å². The number of nitrogens with one attached hydrogen (secondary N) is 1. The average molecular weight is 243 g/mol. The predicted octanol–water partition coefficient (Wildman–Crippen LogP) is 0.509. The summed E-state index contributed by atoms with van der Waals surface area (Å²) < 4.78 is 0. The average Bonchev–Trinajstić information content (AvgIpc) is 2.97. The zero-order chi connectivity index (χ0) is 12.3. The maximum atomic E-state index is 11.8. The number of nitrogens with zero attached hydrogens (tertiary/aromatic N) is 1. The highest BCUT2D eigenvalue weighted by Crippen LogP contribution is 2.46. The van der Waals surface area contributed by atoms with Crippen molar-refractivity contribution >= 4 is 23.1 Å². The monoisotopic (exact) mass is 243 g/mol. The van der Waals surface area contributed by atoms with Gasteiger partial charge in [-0.05, 0) is 33.7 Å². The first-order valence-electron chi connectivity index (χ1n) is 5.68. The van der Waals surface area contributed by atoms with Crippen LogP contribution in [-0.4, -0.2) is 42.0 Å². The molecular weight excluding hydrogens is 222 g/mol. The molecule has 0 radical (unpaired) electrons. The van der Waals surface area contributed by atoms with E-state index in [-0.39, 0.29) is 5.91 Å². The summed E-state index contributed by atoms with van der Waals surface area (Å²) >= 11 is 4.92. The Bertz CT molecular complexity index is 287. The highest BCUT2D eigenvalue weighted by atomic mass is 32.1. The van der Waals surface area contributed by atoms with Gasteiger partial charge in [0.15, 0.2) is 0 Å². The fourth-order valence-corrected chi connectivity index (χ4v) is 1.78. The number of hydrogen-bond donors (Lipinski definition) is 2. The Kier molecular flexibility index (Phi) is 4.27. The lowest BCUT2D eigenvalue weighted by Crippen LogP contribution is -2.43. The van der Waals surface area contributed by atoms with Crippen LogP contribution in [0.1, 0.15) is 26.7 Å². The van der Waals surface area contributed by atoms with E-state index in [0.29, 0.717) is 17.6 Å². The summed E-state index contributed by atoms with van der Waals surface area (Å²) in [4.78, 5) is 14.3. The third-order valence-electron chi connectivity index (χ3n) is 3.29. The Morgan fingerprint density at radius 3 is 2.50 bits per heavy atom. The number of nitrogens with two attached hydrogens (primary N) is 1. The molecule has 0 aromatic rings. The van der Waals surface area contributed by atoms with Crippen molar-refractivity contribution in [1.82, 2.24) is 10.2 Å². The largest absolute Gasteiger partial charge is 0.392 e. The van der Waals surface area contributed by atoms with E-state index in [0.717, 1.165) is 19.4 Å². The normalized spacial score (nSPS) is 17.6. The minimum absolute atomic E-state index is 0.00263. The quantitative estimate of drug-likeness (QED) is 0.667. The second-order valence-electron chi connectivity index (χ2n) is 4.78. The van der Waals surface area contributed by atoms with Gasteiger partial charge in [-0.15, -0.1) is 0 Å². The van der Waals surface area contributed by atoms with Crippen LogP contribution < -0.4 is 11.1 Å². The van der Waals surface area contributed by atoms with Gasteiger partial charge < -0.3 is 16.0 Å². The molecule has 1 aliphatic rings. The van der Waals surface area contributed by atoms with Gasteiger partial charge in [0.05, 0.1) is 10.4 Å². The molecule has 1 rings (SSSR count). The van der Waals surface area contributed by atoms with Gasteiger partial charge in [0.2, 0.25) is 5.91 Å². The number of rotatable bonds is 6. The Morgan fingerprint density at radius 1 is 1.56 bits per heavy atom. The molecule has 0 aromatic carbocycles. The standard InChI is InChI=1S/C11H21N3OS/c1-8(2)14(3)7-6-13-10(15)11(4-5-11)9(12)16/h8H,4-7H2,1-3H3,(H2,12,16)(H,13,15). The molecule has 1 saturated carbocycles. The number of carbonyl (C=O) groups is 1. The molecule has 0 spiro atoms. The second-order valence-corrected chi connectivity index (χ2v) is 5.22. The summed E-state index contributed by atoms with van der Waals surface area (Å²) in [6.45, 7) is 5.74. The van der Waals surface area contributed by atoms with Gasteiger partial charge in [0.25, 0.3) is 0 Å². The summed E-state index contributed by atoms with van der Waals surface area (Å²) in [6.07, 6.45) is 1.60. The van der Waals surface area contributed by atoms with E-state index in [1.807, 2.05) is 7.05 Å². The summed E-state index contributed by atoms with van der Waals surface area (Å²) in [7, 11) is 2.04. The lowest BCUT2D eigenvalue weighted by Gasteiger charge is -2.21. The maximum absolute atomic E-state index is 11.8. The first kappa shape index (κ1) is 13.4. The van der Waals surface area contributed by atoms with Gasteiger partial charge in [-0.2, -0.15) is 0 Å². The zero-order valence-electron chi connectivity index (χ0n) is 10.2. The highest BCUT2D eigenvalue weighted by Gasteiger charge is 2.52. The molecule has 5 heteroatoms. The lowest BCUT2D eigenvalue weighted by atomic mass is 10.1. The van der Waals surface area contributed by atoms with Crippen LogP contribution in [0.2, 0.25) is 0 Å². The Hall–Kier alpha value is -0.680. The molecule has 92 valence electrons. The molecule has 1 fully saturated rings. The molecule has 0 bridgehead atoms. The molecule has 0 heterocycles. The summed E-state index contributed by atoms with van der Waals surface area (Å²) in [5, 5.41) is 2.90. The minimum atomic E-state index is -0.522. The van der Waals surface area contributed by atoms with Crippen molar-refractivity contribution in [3.05, 3.63) is 0 Å². The van der Waals surface area contributed by atoms with Crippen molar-refractivity contribution < 1.29 is 4.79 Å². The van der Waals surface area contributed by atoms with Crippen molar-refractivity contribution in [3.63, 3.8) is 0 Å². The van der Waals surface area contributed by atoms with Crippen molar-refractivity contribution in [2.75, 3.05) is 20.1 Å². The van der Waals surface area contributed by atoms with Crippen LogP contribution in [-0.2, 0) is 4.79 Å². The fourth-order valence-electron chi connectivity index (χ4n) is 1.48. The summed E-state index contributed by atoms with van der Waals surface area (Å²) in [5.74, 6) is -0.00263. The Labute approximate surface area is 103 Å². The lowest BCUT2D eigenvalue weighted by molar-refractivity contribution is -0.124. The van der Waals surface area contributed by atoms with Gasteiger partial charge >= 0.3 is 0 Å². The summed E-state index contributed by atoms with van der Waals surface area (Å²) in [6, 6.07) is 0.488. The molecular formula is C11H21N3OS. The van der Waals surface area contributed by atoms with Crippen LogP contribution in [0.3, 0.4) is 0 Å². The summed E-state index contributed by atoms with van der Waals surface area (Å²) in [5.41, 5.74) is 5.05. The van der Waals surface area contributed by atoms with E-state index < -0.39 is 5.41 Å². The highest BCUT2D eigenvalue weighted by molar-refractivity contribution is 7.80. The van der Waals surface area contributed by atoms with Crippen molar-refractivity contribution in [1.29, 1.82) is 0 Å². The van der Waals surface area contributed by atoms with Crippen LogP contribution in [0.15, 0.2) is 0 Å². The van der Waals surface area contributed by atoms with Crippen molar-refractivity contribution in [2.24, 2.45) is 11.1 Å². The van der Waals surface area contributed by atoms with E-state index in [4.69, 9.17) is 18.0 Å². The van der Waals surface area contributed by atoms with Gasteiger partial charge in [-0.25, -0.2) is 0 Å². The van der Waals surface area contributed by atoms with E-state index >= 15 is 0 Å². The van der Waals surface area contributed by atoms with Crippen LogP contribution in [0.4, 0.5) is 0 Å². The zero-order valence-corrected chi connectivity index (χ0v) is 11.1. The minimum Gasteiger partial charge on any atom is -0.392 e. The third kappa shape index (κ3) is 2.92. The van der Waals surface area contributed by atoms with Gasteiger partial charge in [-0.1, -0.05) is 12.2 Å². The molecule has 1 amide bonds. The van der Waals surface area contributed by atoms with Crippen LogP contribution in [0.5, 0.6) is 0 Å². The molecule has 0 atom stereocenters. The van der Waals surface area contributed by atoms with E-state index in [1.54, 1.807) is 0 Å². The number of amides is 1. The molecule has 4 nitrogen and oxygen atoms in total. The number of thiocarbonyl (C=S) groups is 1. The molecule has 0 aromatic heterocycles. The van der Waals surface area contributed by atoms with Crippen molar-refractivity contribution in [3.8, 4) is 0 Å². The van der Waals surface area contributed by atoms with Gasteiger partial charge in [-0.3, -0.25) is 4.79 Å². The second kappa shape index (κ2) is 5.10. The SMILES string of the molecule is CC(C)N(C)CCNC(=O)C1(C(N)=S)CC1. The van der Waals surface area contributed by atoms with Crippen molar-refractivity contribution in [2.45, 2.75) is 32.7 Å². The number of carbonyl (C=O) groups excluding carboxylic acids is 1. The Balaban J connectivity index is 2.29. The third-order valence-corrected chi connectivity index (χ3v) is 3.68. The Morgan fingerprint density at radius 2 is 2.12 bits per heavy atom. The van der Waals surface area contributed by atoms with Crippen LogP contribution in [0.25, 0.3) is 0 Å². The molecule has 0 aliphatic heterocycles. The number of hydrogen-bond acceptors (Lipinski definition) is 3. The van der Waals surface area contributed by atoms with E-state index in [2.05, 4.69) is 24.1 Å². The first-order chi connectivity index (χ1) is 7.40. The predicted molar refractivity (Wildman–Crippen MR) is 69.2 cm³/mol. The molecule has 1 aliphatic carbocycles. The van der Waals surface area contributed by atoms with Crippen LogP contribution in [0, 0.1) is 5.41 Å². The van der Waals surface area contributed by atoms with Gasteiger partial charge in [0, 0.05) is 19.1 Å². The fraction of sp³-hybridized carbons (Fsp3) is 0.818.